The van der Waals surface area contributed by atoms with E-state index in [2.05, 4.69) is 17.2 Å². The number of benzene rings is 1. The van der Waals surface area contributed by atoms with Crippen LogP contribution in [0.15, 0.2) is 18.2 Å². The summed E-state index contributed by atoms with van der Waals surface area (Å²) in [7, 11) is 0. The van der Waals surface area contributed by atoms with Crippen molar-refractivity contribution >= 4 is 36.0 Å². The van der Waals surface area contributed by atoms with Gasteiger partial charge in [-0.3, -0.25) is 29.4 Å². The molecule has 0 aliphatic carbocycles. The third kappa shape index (κ3) is 3.62. The zero-order chi connectivity index (χ0) is 18.0. The summed E-state index contributed by atoms with van der Waals surface area (Å²) in [6, 6.07) is 3.84. The highest BCUT2D eigenvalue weighted by Crippen LogP contribution is 2.28. The summed E-state index contributed by atoms with van der Waals surface area (Å²) >= 11 is 0. The van der Waals surface area contributed by atoms with E-state index in [-0.39, 0.29) is 36.4 Å². The van der Waals surface area contributed by atoms with Crippen LogP contribution in [0.4, 0.5) is 0 Å². The summed E-state index contributed by atoms with van der Waals surface area (Å²) in [4.78, 5) is 49.4. The second kappa shape index (κ2) is 8.13. The maximum absolute atomic E-state index is 12.6. The number of imide groups is 2. The fraction of sp³-hybridized carbons (Fsp3) is 0.333. The SMILES string of the molecule is Cl.NCCCC#Cc1ccc2c(c1)C(=O)N(C1CCC(=O)NC1=O)C2=O. The lowest BCUT2D eigenvalue weighted by Crippen LogP contribution is -2.54. The van der Waals surface area contributed by atoms with Crippen molar-refractivity contribution in [1.82, 2.24) is 10.2 Å². The number of hydrogen-bond acceptors (Lipinski definition) is 5. The third-order valence-electron chi connectivity index (χ3n) is 4.18. The number of fused-ring (bicyclic) bond motifs is 1. The summed E-state index contributed by atoms with van der Waals surface area (Å²) in [5.41, 5.74) is 6.53. The number of rotatable bonds is 3. The van der Waals surface area contributed by atoms with E-state index >= 15 is 0 Å². The van der Waals surface area contributed by atoms with Crippen LogP contribution in [0, 0.1) is 11.8 Å². The standard InChI is InChI=1S/C18H17N3O4.ClH/c19-9-3-1-2-4-11-5-6-12-13(10-11)18(25)21(17(12)24)14-7-8-15(22)20-16(14)23;/h5-6,10,14H,1,3,7-9,19H2,(H,20,22,23);1H. The van der Waals surface area contributed by atoms with Crippen molar-refractivity contribution in [2.24, 2.45) is 5.73 Å². The van der Waals surface area contributed by atoms with Crippen molar-refractivity contribution in [2.75, 3.05) is 6.54 Å². The summed E-state index contributed by atoms with van der Waals surface area (Å²) < 4.78 is 0. The Morgan fingerprint density at radius 3 is 2.58 bits per heavy atom. The molecule has 2 aliphatic heterocycles. The van der Waals surface area contributed by atoms with Gasteiger partial charge in [0.05, 0.1) is 11.1 Å². The molecule has 1 aromatic carbocycles. The molecule has 1 fully saturated rings. The minimum absolute atomic E-state index is 0. The molecule has 3 rings (SSSR count). The Morgan fingerprint density at radius 2 is 1.88 bits per heavy atom. The lowest BCUT2D eigenvalue weighted by atomic mass is 10.0. The summed E-state index contributed by atoms with van der Waals surface area (Å²) in [5, 5.41) is 2.17. The molecule has 26 heavy (non-hydrogen) atoms. The van der Waals surface area contributed by atoms with E-state index in [1.54, 1.807) is 18.2 Å². The lowest BCUT2D eigenvalue weighted by Gasteiger charge is -2.27. The first kappa shape index (κ1) is 19.6. The van der Waals surface area contributed by atoms with Crippen LogP contribution >= 0.6 is 12.4 Å². The van der Waals surface area contributed by atoms with E-state index in [0.717, 1.165) is 11.3 Å². The van der Waals surface area contributed by atoms with Crippen LogP contribution in [0.2, 0.25) is 0 Å². The largest absolute Gasteiger partial charge is 0.330 e. The normalized spacial score (nSPS) is 18.7. The first-order valence-electron chi connectivity index (χ1n) is 8.07. The van der Waals surface area contributed by atoms with E-state index < -0.39 is 29.7 Å². The van der Waals surface area contributed by atoms with Gasteiger partial charge in [-0.15, -0.1) is 12.4 Å². The summed E-state index contributed by atoms with van der Waals surface area (Å²) in [5.74, 6) is 3.85. The van der Waals surface area contributed by atoms with Gasteiger partial charge in [-0.05, 0) is 37.6 Å². The molecule has 0 radical (unpaired) electrons. The van der Waals surface area contributed by atoms with Crippen LogP contribution in [0.25, 0.3) is 0 Å². The molecule has 1 unspecified atom stereocenters. The molecule has 0 spiro atoms. The molecular weight excluding hydrogens is 358 g/mol. The van der Waals surface area contributed by atoms with Crippen LogP contribution in [0.5, 0.6) is 0 Å². The lowest BCUT2D eigenvalue weighted by molar-refractivity contribution is -0.136. The molecule has 0 saturated carbocycles. The predicted molar refractivity (Wildman–Crippen MR) is 95.5 cm³/mol. The van der Waals surface area contributed by atoms with Gasteiger partial charge >= 0.3 is 0 Å². The molecule has 4 amide bonds. The maximum atomic E-state index is 12.6. The van der Waals surface area contributed by atoms with Crippen molar-refractivity contribution in [2.45, 2.75) is 31.7 Å². The molecular formula is C18H18ClN3O4. The Hall–Kier alpha value is -2.69. The van der Waals surface area contributed by atoms with Crippen LogP contribution in [-0.4, -0.2) is 41.1 Å². The van der Waals surface area contributed by atoms with Crippen molar-refractivity contribution < 1.29 is 19.2 Å². The average Bonchev–Trinajstić information content (AvgIpc) is 2.83. The Morgan fingerprint density at radius 1 is 1.15 bits per heavy atom. The number of nitrogens with two attached hydrogens (primary N) is 1. The Labute approximate surface area is 156 Å². The second-order valence-electron chi connectivity index (χ2n) is 5.90. The molecule has 3 N–H and O–H groups in total. The zero-order valence-corrected chi connectivity index (χ0v) is 14.7. The molecule has 2 heterocycles. The Bertz CT molecular complexity index is 841. The van der Waals surface area contributed by atoms with Crippen LogP contribution in [0.3, 0.4) is 0 Å². The fourth-order valence-electron chi connectivity index (χ4n) is 2.90. The smallest absolute Gasteiger partial charge is 0.262 e. The predicted octanol–water partition coefficient (Wildman–Crippen LogP) is 0.600. The molecule has 8 heteroatoms. The van der Waals surface area contributed by atoms with Gasteiger partial charge < -0.3 is 5.73 Å². The minimum Gasteiger partial charge on any atom is -0.330 e. The monoisotopic (exact) mass is 375 g/mol. The average molecular weight is 376 g/mol. The van der Waals surface area contributed by atoms with Crippen LogP contribution < -0.4 is 11.1 Å². The molecule has 7 nitrogen and oxygen atoms in total. The summed E-state index contributed by atoms with van der Waals surface area (Å²) in [6.45, 7) is 0.562. The third-order valence-corrected chi connectivity index (χ3v) is 4.18. The molecule has 1 aromatic rings. The Kier molecular flexibility index (Phi) is 6.14. The van der Waals surface area contributed by atoms with Gasteiger partial charge in [0.15, 0.2) is 0 Å². The van der Waals surface area contributed by atoms with Gasteiger partial charge in [-0.1, -0.05) is 11.8 Å². The molecule has 0 bridgehead atoms. The number of amides is 4. The highest BCUT2D eigenvalue weighted by molar-refractivity contribution is 6.23. The van der Waals surface area contributed by atoms with E-state index in [9.17, 15) is 19.2 Å². The summed E-state index contributed by atoms with van der Waals surface area (Å²) in [6.07, 6.45) is 1.69. The van der Waals surface area contributed by atoms with Crippen molar-refractivity contribution in [3.63, 3.8) is 0 Å². The first-order valence-corrected chi connectivity index (χ1v) is 8.07. The second-order valence-corrected chi connectivity index (χ2v) is 5.90. The number of carbonyl (C=O) groups excluding carboxylic acids is 4. The first-order chi connectivity index (χ1) is 12.0. The van der Waals surface area contributed by atoms with Crippen molar-refractivity contribution in [3.05, 3.63) is 34.9 Å². The molecule has 136 valence electrons. The van der Waals surface area contributed by atoms with Gasteiger partial charge in [0.1, 0.15) is 6.04 Å². The van der Waals surface area contributed by atoms with Gasteiger partial charge in [-0.2, -0.15) is 0 Å². The molecule has 2 aliphatic rings. The van der Waals surface area contributed by atoms with Gasteiger partial charge in [0, 0.05) is 18.4 Å². The highest BCUT2D eigenvalue weighted by Gasteiger charge is 2.44. The van der Waals surface area contributed by atoms with E-state index in [0.29, 0.717) is 18.5 Å². The van der Waals surface area contributed by atoms with E-state index in [1.807, 2.05) is 0 Å². The van der Waals surface area contributed by atoms with Gasteiger partial charge in [-0.25, -0.2) is 0 Å². The number of piperidine rings is 1. The van der Waals surface area contributed by atoms with E-state index in [4.69, 9.17) is 5.73 Å². The quantitative estimate of drug-likeness (QED) is 0.456. The number of nitrogens with zero attached hydrogens (tertiary/aromatic N) is 1. The van der Waals surface area contributed by atoms with E-state index in [1.165, 1.54) is 0 Å². The highest BCUT2D eigenvalue weighted by atomic mass is 35.5. The number of unbranched alkanes of at least 4 members (excludes halogenated alkanes) is 1. The maximum Gasteiger partial charge on any atom is 0.262 e. The Balaban J connectivity index is 0.00000243. The molecule has 1 atom stereocenters. The van der Waals surface area contributed by atoms with Crippen molar-refractivity contribution in [3.8, 4) is 11.8 Å². The number of halogens is 1. The zero-order valence-electron chi connectivity index (χ0n) is 13.9. The molecule has 1 saturated heterocycles. The van der Waals surface area contributed by atoms with Gasteiger partial charge in [0.25, 0.3) is 11.8 Å². The van der Waals surface area contributed by atoms with Crippen molar-refractivity contribution in [1.29, 1.82) is 0 Å². The topological polar surface area (TPSA) is 110 Å². The van der Waals surface area contributed by atoms with Crippen LogP contribution in [-0.2, 0) is 9.59 Å². The number of hydrogen-bond donors (Lipinski definition) is 2. The molecule has 0 aromatic heterocycles. The fourth-order valence-corrected chi connectivity index (χ4v) is 2.90. The van der Waals surface area contributed by atoms with Gasteiger partial charge in [0.2, 0.25) is 11.8 Å². The number of nitrogens with one attached hydrogen (secondary N) is 1. The number of carbonyl (C=O) groups is 4. The minimum atomic E-state index is -0.954. The van der Waals surface area contributed by atoms with Crippen LogP contribution in [0.1, 0.15) is 52.0 Å².